The predicted molar refractivity (Wildman–Crippen MR) is 214 cm³/mol. The molecular weight excluding hydrogens is 730 g/mol. The summed E-state index contributed by atoms with van der Waals surface area (Å²) in [5.74, 6) is -1.24. The van der Waals surface area contributed by atoms with Crippen molar-refractivity contribution in [1.29, 1.82) is 0 Å². The molecule has 3 N–H and O–H groups in total. The highest BCUT2D eigenvalue weighted by molar-refractivity contribution is 6.03. The summed E-state index contributed by atoms with van der Waals surface area (Å²) in [7, 11) is 1.69. The van der Waals surface area contributed by atoms with Crippen LogP contribution in [0.3, 0.4) is 0 Å². The first-order valence-corrected chi connectivity index (χ1v) is 20.6. The van der Waals surface area contributed by atoms with Crippen LogP contribution < -0.4 is 14.8 Å². The van der Waals surface area contributed by atoms with Crippen LogP contribution in [0.25, 0.3) is 0 Å². The molecule has 6 rings (SSSR count). The first-order chi connectivity index (χ1) is 27.8. The van der Waals surface area contributed by atoms with Crippen molar-refractivity contribution in [2.45, 2.75) is 102 Å². The standard InChI is InChI=1S/C44H59N3O10/c1-4-24-54-44-38(47(3)43(51)52-5-2)28-36(46-57-39-19-11-14-25-53-39)34-26-31(17-9-12-22-48)33(18-10-13-23-49)40(41(34)44)35-27-32(20-21-37(35)56-44)55-42(50)45-29-30-15-7-6-8-16-30/h4,6-8,15-16,20-21,26-27,31,33,38-41,48-49H,1,5,9-14,17-19,22-25,28-29H2,2-3H3,(H,45,50)/t31-,33+,38-,39?,40+,41+,44+/m0/s1. The van der Waals surface area contributed by atoms with Crippen molar-refractivity contribution in [2.75, 3.05) is 40.1 Å². The number of rotatable bonds is 18. The number of hydrogen-bond donors (Lipinski definition) is 3. The first-order valence-electron chi connectivity index (χ1n) is 20.6. The minimum Gasteiger partial charge on any atom is -0.459 e. The van der Waals surface area contributed by atoms with Crippen molar-refractivity contribution in [3.63, 3.8) is 0 Å². The molecule has 57 heavy (non-hydrogen) atoms. The van der Waals surface area contributed by atoms with Crippen molar-refractivity contribution in [3.8, 4) is 11.5 Å². The molecule has 4 aliphatic rings. The van der Waals surface area contributed by atoms with Crippen LogP contribution in [-0.4, -0.2) is 91.2 Å². The Kier molecular flexibility index (Phi) is 15.0. The Balaban J connectivity index is 1.49. The van der Waals surface area contributed by atoms with Gasteiger partial charge in [0.15, 0.2) is 0 Å². The second kappa shape index (κ2) is 20.3. The maximum Gasteiger partial charge on any atom is 0.412 e. The average Bonchev–Trinajstić information content (AvgIpc) is 3.23. The topological polar surface area (TPSA) is 158 Å². The zero-order valence-corrected chi connectivity index (χ0v) is 33.3. The number of carbonyl (C=O) groups is 2. The monoisotopic (exact) mass is 789 g/mol. The van der Waals surface area contributed by atoms with Gasteiger partial charge in [0.05, 0.1) is 31.5 Å². The van der Waals surface area contributed by atoms with Gasteiger partial charge in [-0.2, -0.15) is 0 Å². The molecule has 2 aromatic rings. The Morgan fingerprint density at radius 2 is 1.86 bits per heavy atom. The molecule has 2 aliphatic carbocycles. The summed E-state index contributed by atoms with van der Waals surface area (Å²) in [5.41, 5.74) is 3.35. The van der Waals surface area contributed by atoms with Crippen LogP contribution in [-0.2, 0) is 25.6 Å². The van der Waals surface area contributed by atoms with Gasteiger partial charge in [0.2, 0.25) is 12.1 Å². The highest BCUT2D eigenvalue weighted by Gasteiger charge is 2.65. The molecule has 13 heteroatoms. The number of allylic oxidation sites excluding steroid dienone is 1. The van der Waals surface area contributed by atoms with Crippen molar-refractivity contribution >= 4 is 17.9 Å². The summed E-state index contributed by atoms with van der Waals surface area (Å²) in [6.45, 7) is 7.12. The lowest BCUT2D eigenvalue weighted by atomic mass is 9.55. The molecule has 2 aliphatic heterocycles. The SMILES string of the molecule is C=CCO[C@@]12Oc3ccc(OC(=O)NCc4ccccc4)cc3[C@H]3[C@H](CCCCO)[C@@H](CCCCO)C=C(C(=NOC4CCCCO4)C[C@@H]1N(C)C(=O)OCC)[C@H]32. The van der Waals surface area contributed by atoms with E-state index in [-0.39, 0.29) is 50.6 Å². The summed E-state index contributed by atoms with van der Waals surface area (Å²) >= 11 is 0. The molecular formula is C44H59N3O10. The number of oxime groups is 1. The number of nitrogens with zero attached hydrogens (tertiary/aromatic N) is 2. The fraction of sp³-hybridized carbons (Fsp3) is 0.568. The molecule has 1 unspecified atom stereocenters. The van der Waals surface area contributed by atoms with Gasteiger partial charge in [-0.05, 0) is 86.6 Å². The molecule has 0 aromatic heterocycles. The van der Waals surface area contributed by atoms with Crippen molar-refractivity contribution in [1.82, 2.24) is 10.2 Å². The maximum absolute atomic E-state index is 13.6. The number of aliphatic hydroxyl groups is 2. The van der Waals surface area contributed by atoms with E-state index in [0.717, 1.165) is 61.6 Å². The molecule has 7 atom stereocenters. The molecule has 0 bridgehead atoms. The Morgan fingerprint density at radius 1 is 1.07 bits per heavy atom. The van der Waals surface area contributed by atoms with Crippen LogP contribution >= 0.6 is 0 Å². The van der Waals surface area contributed by atoms with E-state index in [4.69, 9.17) is 33.7 Å². The molecule has 0 radical (unpaired) electrons. The Labute approximate surface area is 336 Å². The largest absolute Gasteiger partial charge is 0.459 e. The van der Waals surface area contributed by atoms with Gasteiger partial charge >= 0.3 is 12.2 Å². The molecule has 1 saturated heterocycles. The van der Waals surface area contributed by atoms with E-state index in [1.165, 1.54) is 0 Å². The van der Waals surface area contributed by atoms with Gasteiger partial charge in [0.25, 0.3) is 0 Å². The van der Waals surface area contributed by atoms with Gasteiger partial charge in [-0.3, -0.25) is 0 Å². The fourth-order valence-corrected chi connectivity index (χ4v) is 8.97. The Bertz CT molecular complexity index is 1710. The number of fused-ring (bicyclic) bond motifs is 2. The number of likely N-dealkylation sites (N-methyl/N-ethyl adjacent to an activating group) is 1. The van der Waals surface area contributed by atoms with E-state index >= 15 is 0 Å². The van der Waals surface area contributed by atoms with E-state index in [0.29, 0.717) is 43.2 Å². The van der Waals surface area contributed by atoms with Crippen LogP contribution in [0.5, 0.6) is 11.5 Å². The Morgan fingerprint density at radius 3 is 2.58 bits per heavy atom. The van der Waals surface area contributed by atoms with Gasteiger partial charge in [-0.1, -0.05) is 60.5 Å². The number of benzene rings is 2. The van der Waals surface area contributed by atoms with Crippen LogP contribution in [0.4, 0.5) is 9.59 Å². The van der Waals surface area contributed by atoms with Gasteiger partial charge in [-0.25, -0.2) is 9.59 Å². The number of ether oxygens (including phenoxy) is 5. The highest BCUT2D eigenvalue weighted by Crippen LogP contribution is 2.61. The average molecular weight is 790 g/mol. The molecule has 2 heterocycles. The van der Waals surface area contributed by atoms with Gasteiger partial charge in [0, 0.05) is 51.1 Å². The zero-order chi connectivity index (χ0) is 40.2. The number of unbranched alkanes of at least 4 members (excludes halogenated alkanes) is 2. The molecule has 2 fully saturated rings. The van der Waals surface area contributed by atoms with Crippen LogP contribution in [0.1, 0.15) is 88.2 Å². The number of carbonyl (C=O) groups excluding carboxylic acids is 2. The number of nitrogens with one attached hydrogen (secondary N) is 1. The van der Waals surface area contributed by atoms with Crippen LogP contribution in [0, 0.1) is 17.8 Å². The molecule has 2 aromatic carbocycles. The summed E-state index contributed by atoms with van der Waals surface area (Å²) in [4.78, 5) is 34.5. The van der Waals surface area contributed by atoms with Gasteiger partial charge < -0.3 is 49.0 Å². The third-order valence-electron chi connectivity index (χ3n) is 11.6. The number of hydrogen-bond acceptors (Lipinski definition) is 11. The van der Waals surface area contributed by atoms with E-state index in [1.54, 1.807) is 31.0 Å². The maximum atomic E-state index is 13.6. The minimum absolute atomic E-state index is 0.0102. The van der Waals surface area contributed by atoms with E-state index < -0.39 is 36.2 Å². The predicted octanol–water partition coefficient (Wildman–Crippen LogP) is 7.22. The lowest BCUT2D eigenvalue weighted by molar-refractivity contribution is -0.254. The summed E-state index contributed by atoms with van der Waals surface area (Å²) in [6, 6.07) is 14.3. The van der Waals surface area contributed by atoms with Crippen molar-refractivity contribution < 1.29 is 48.3 Å². The summed E-state index contributed by atoms with van der Waals surface area (Å²) in [5, 5.41) is 27.4. The van der Waals surface area contributed by atoms with Gasteiger partial charge in [0.1, 0.15) is 17.5 Å². The number of amides is 2. The summed E-state index contributed by atoms with van der Waals surface area (Å²) < 4.78 is 31.4. The van der Waals surface area contributed by atoms with Crippen LogP contribution in [0.15, 0.2) is 78.0 Å². The molecule has 0 spiro atoms. The second-order valence-corrected chi connectivity index (χ2v) is 15.2. The van der Waals surface area contributed by atoms with Gasteiger partial charge in [-0.15, -0.1) is 6.58 Å². The first kappa shape index (κ1) is 42.2. The lowest BCUT2D eigenvalue weighted by Gasteiger charge is -2.59. The number of aliphatic hydroxyl groups excluding tert-OH is 2. The normalized spacial score (nSPS) is 26.9. The fourth-order valence-electron chi connectivity index (χ4n) is 8.97. The summed E-state index contributed by atoms with van der Waals surface area (Å²) in [6.07, 6.45) is 9.69. The Hall–Kier alpha value is -4.43. The second-order valence-electron chi connectivity index (χ2n) is 15.2. The van der Waals surface area contributed by atoms with E-state index in [9.17, 15) is 19.8 Å². The highest BCUT2D eigenvalue weighted by atomic mass is 16.8. The zero-order valence-electron chi connectivity index (χ0n) is 33.3. The van der Waals surface area contributed by atoms with Crippen molar-refractivity contribution in [2.24, 2.45) is 22.9 Å². The third-order valence-corrected chi connectivity index (χ3v) is 11.6. The lowest BCUT2D eigenvalue weighted by Crippen LogP contribution is -2.69. The van der Waals surface area contributed by atoms with Crippen LogP contribution in [0.2, 0.25) is 0 Å². The van der Waals surface area contributed by atoms with Crippen molar-refractivity contribution in [3.05, 3.63) is 84.0 Å². The molecule has 1 saturated carbocycles. The minimum atomic E-state index is -1.42. The quantitative estimate of drug-likeness (QED) is 0.0800. The third kappa shape index (κ3) is 9.82. The van der Waals surface area contributed by atoms with E-state index in [1.807, 2.05) is 42.5 Å². The smallest absolute Gasteiger partial charge is 0.412 e. The van der Waals surface area contributed by atoms with E-state index in [2.05, 4.69) is 18.0 Å². The molecule has 310 valence electrons. The molecule has 2 amide bonds. The molecule has 13 nitrogen and oxygen atoms in total.